The third-order valence-electron chi connectivity index (χ3n) is 3.57. The first-order valence-corrected chi connectivity index (χ1v) is 8.14. The minimum Gasteiger partial charge on any atom is -0.482 e. The summed E-state index contributed by atoms with van der Waals surface area (Å²) in [6, 6.07) is 9.90. The number of esters is 1. The molecule has 2 rings (SSSR count). The summed E-state index contributed by atoms with van der Waals surface area (Å²) in [5, 5.41) is 2.38. The van der Waals surface area contributed by atoms with Crippen LogP contribution in [0.1, 0.15) is 11.1 Å². The van der Waals surface area contributed by atoms with Gasteiger partial charge >= 0.3 is 12.3 Å². The Morgan fingerprint density at radius 1 is 0.929 bits per heavy atom. The standard InChI is InChI=1S/C19H18F3NO5/c1-12-3-6-16(9-13(12)2)26-11-18(25)27-10-17(24)23-14-4-7-15(8-5-14)28-19(20,21)22/h3-9H,10-11H2,1-2H3,(H,23,24). The Hall–Kier alpha value is -3.23. The topological polar surface area (TPSA) is 73.9 Å². The van der Waals surface area contributed by atoms with Gasteiger partial charge in [0.2, 0.25) is 0 Å². The fourth-order valence-electron chi connectivity index (χ4n) is 2.07. The predicted octanol–water partition coefficient (Wildman–Crippen LogP) is 3.76. The number of hydrogen-bond acceptors (Lipinski definition) is 5. The van der Waals surface area contributed by atoms with Crippen LogP contribution in [-0.4, -0.2) is 31.5 Å². The molecule has 0 bridgehead atoms. The lowest BCUT2D eigenvalue weighted by Gasteiger charge is -2.10. The lowest BCUT2D eigenvalue weighted by atomic mass is 10.1. The van der Waals surface area contributed by atoms with E-state index in [-0.39, 0.29) is 12.3 Å². The van der Waals surface area contributed by atoms with Crippen LogP contribution in [0.3, 0.4) is 0 Å². The number of alkyl halides is 3. The summed E-state index contributed by atoms with van der Waals surface area (Å²) in [5.41, 5.74) is 2.32. The lowest BCUT2D eigenvalue weighted by Crippen LogP contribution is -2.23. The van der Waals surface area contributed by atoms with Crippen LogP contribution in [0.4, 0.5) is 18.9 Å². The highest BCUT2D eigenvalue weighted by atomic mass is 19.4. The van der Waals surface area contributed by atoms with Gasteiger partial charge in [0.25, 0.3) is 5.91 Å². The molecule has 6 nitrogen and oxygen atoms in total. The maximum Gasteiger partial charge on any atom is 0.573 e. The van der Waals surface area contributed by atoms with Crippen molar-refractivity contribution in [3.05, 3.63) is 53.6 Å². The number of amides is 1. The van der Waals surface area contributed by atoms with Gasteiger partial charge in [-0.15, -0.1) is 13.2 Å². The summed E-state index contributed by atoms with van der Waals surface area (Å²) >= 11 is 0. The molecule has 0 unspecified atom stereocenters. The van der Waals surface area contributed by atoms with Crippen LogP contribution in [0, 0.1) is 13.8 Å². The molecule has 9 heteroatoms. The molecule has 0 atom stereocenters. The molecular weight excluding hydrogens is 379 g/mol. The van der Waals surface area contributed by atoms with Crippen molar-refractivity contribution in [3.63, 3.8) is 0 Å². The van der Waals surface area contributed by atoms with Crippen LogP contribution in [0.25, 0.3) is 0 Å². The minimum absolute atomic E-state index is 0.224. The van der Waals surface area contributed by atoms with Gasteiger partial charge in [-0.1, -0.05) is 6.07 Å². The highest BCUT2D eigenvalue weighted by Crippen LogP contribution is 2.24. The van der Waals surface area contributed by atoms with Crippen molar-refractivity contribution in [2.45, 2.75) is 20.2 Å². The Balaban J connectivity index is 1.74. The number of hydrogen-bond donors (Lipinski definition) is 1. The van der Waals surface area contributed by atoms with Crippen LogP contribution in [-0.2, 0) is 14.3 Å². The number of carbonyl (C=O) groups excluding carboxylic acids is 2. The molecule has 0 saturated heterocycles. The van der Waals surface area contributed by atoms with Crippen LogP contribution >= 0.6 is 0 Å². The van der Waals surface area contributed by atoms with Gasteiger partial charge in [-0.05, 0) is 61.4 Å². The third kappa shape index (κ3) is 7.18. The van der Waals surface area contributed by atoms with Crippen molar-refractivity contribution in [2.75, 3.05) is 18.5 Å². The zero-order valence-corrected chi connectivity index (χ0v) is 15.1. The summed E-state index contributed by atoms with van der Waals surface area (Å²) in [4.78, 5) is 23.4. The molecular formula is C19H18F3NO5. The van der Waals surface area contributed by atoms with E-state index in [1.54, 1.807) is 12.1 Å². The molecule has 1 amide bonds. The molecule has 0 aromatic heterocycles. The summed E-state index contributed by atoms with van der Waals surface area (Å²) in [5.74, 6) is -1.29. The van der Waals surface area contributed by atoms with Crippen LogP contribution in [0.5, 0.6) is 11.5 Å². The van der Waals surface area contributed by atoms with Gasteiger partial charge in [0.05, 0.1) is 0 Å². The predicted molar refractivity (Wildman–Crippen MR) is 94.1 cm³/mol. The normalized spacial score (nSPS) is 10.9. The average Bonchev–Trinajstić information content (AvgIpc) is 2.61. The Bertz CT molecular complexity index is 834. The molecule has 0 aliphatic rings. The molecule has 1 N–H and O–H groups in total. The third-order valence-corrected chi connectivity index (χ3v) is 3.57. The largest absolute Gasteiger partial charge is 0.573 e. The van der Waals surface area contributed by atoms with Crippen molar-refractivity contribution >= 4 is 17.6 Å². The van der Waals surface area contributed by atoms with E-state index >= 15 is 0 Å². The number of benzene rings is 2. The number of ether oxygens (including phenoxy) is 3. The second-order valence-corrected chi connectivity index (χ2v) is 5.82. The van der Waals surface area contributed by atoms with Crippen molar-refractivity contribution in [2.24, 2.45) is 0 Å². The van der Waals surface area contributed by atoms with Gasteiger partial charge in [0.1, 0.15) is 11.5 Å². The van der Waals surface area contributed by atoms with E-state index in [0.29, 0.717) is 5.75 Å². The first-order valence-electron chi connectivity index (χ1n) is 8.14. The highest BCUT2D eigenvalue weighted by Gasteiger charge is 2.30. The lowest BCUT2D eigenvalue weighted by molar-refractivity contribution is -0.274. The smallest absolute Gasteiger partial charge is 0.482 e. The molecule has 0 aliphatic carbocycles. The van der Waals surface area contributed by atoms with Gasteiger partial charge in [-0.25, -0.2) is 4.79 Å². The van der Waals surface area contributed by atoms with Crippen LogP contribution in [0.2, 0.25) is 0 Å². The summed E-state index contributed by atoms with van der Waals surface area (Å²) in [6.07, 6.45) is -4.79. The number of halogens is 3. The monoisotopic (exact) mass is 397 g/mol. The van der Waals surface area contributed by atoms with Gasteiger partial charge in [0, 0.05) is 5.69 Å². The van der Waals surface area contributed by atoms with E-state index < -0.39 is 30.6 Å². The number of aryl methyl sites for hydroxylation is 2. The molecule has 2 aromatic carbocycles. The maximum atomic E-state index is 12.1. The molecule has 0 spiro atoms. The van der Waals surface area contributed by atoms with E-state index in [1.165, 1.54) is 12.1 Å². The molecule has 0 saturated carbocycles. The summed E-state index contributed by atoms with van der Waals surface area (Å²) in [7, 11) is 0. The molecule has 0 fully saturated rings. The van der Waals surface area contributed by atoms with E-state index in [0.717, 1.165) is 23.3 Å². The highest BCUT2D eigenvalue weighted by molar-refractivity contribution is 5.92. The molecule has 0 radical (unpaired) electrons. The van der Waals surface area contributed by atoms with E-state index in [2.05, 4.69) is 10.1 Å². The van der Waals surface area contributed by atoms with Gasteiger partial charge in [-0.2, -0.15) is 0 Å². The van der Waals surface area contributed by atoms with Crippen molar-refractivity contribution < 1.29 is 37.0 Å². The summed E-state index contributed by atoms with van der Waals surface area (Å²) < 4.78 is 50.1. The average molecular weight is 397 g/mol. The van der Waals surface area contributed by atoms with Crippen molar-refractivity contribution in [1.82, 2.24) is 0 Å². The van der Waals surface area contributed by atoms with Gasteiger partial charge in [-0.3, -0.25) is 4.79 Å². The molecule has 2 aromatic rings. The van der Waals surface area contributed by atoms with Crippen molar-refractivity contribution in [1.29, 1.82) is 0 Å². The fourth-order valence-corrected chi connectivity index (χ4v) is 2.07. The first-order chi connectivity index (χ1) is 13.1. The quantitative estimate of drug-likeness (QED) is 0.720. The molecule has 0 heterocycles. The summed E-state index contributed by atoms with van der Waals surface area (Å²) in [6.45, 7) is 2.94. The van der Waals surface area contributed by atoms with E-state index in [1.807, 2.05) is 19.9 Å². The van der Waals surface area contributed by atoms with E-state index in [9.17, 15) is 22.8 Å². The van der Waals surface area contributed by atoms with Crippen LogP contribution in [0.15, 0.2) is 42.5 Å². The Kier molecular flexibility index (Phi) is 6.86. The second-order valence-electron chi connectivity index (χ2n) is 5.82. The maximum absolute atomic E-state index is 12.1. The Morgan fingerprint density at radius 2 is 1.57 bits per heavy atom. The Morgan fingerprint density at radius 3 is 2.18 bits per heavy atom. The van der Waals surface area contributed by atoms with E-state index in [4.69, 9.17) is 9.47 Å². The fraction of sp³-hybridized carbons (Fsp3) is 0.263. The van der Waals surface area contributed by atoms with Crippen LogP contribution < -0.4 is 14.8 Å². The number of rotatable bonds is 7. The molecule has 150 valence electrons. The molecule has 28 heavy (non-hydrogen) atoms. The number of carbonyl (C=O) groups is 2. The zero-order valence-electron chi connectivity index (χ0n) is 15.1. The number of anilines is 1. The number of nitrogens with one attached hydrogen (secondary N) is 1. The second kappa shape index (κ2) is 9.12. The SMILES string of the molecule is Cc1ccc(OCC(=O)OCC(=O)Nc2ccc(OC(F)(F)F)cc2)cc1C. The Labute approximate surface area is 159 Å². The minimum atomic E-state index is -4.79. The van der Waals surface area contributed by atoms with Crippen molar-refractivity contribution in [3.8, 4) is 11.5 Å². The molecule has 0 aliphatic heterocycles. The zero-order chi connectivity index (χ0) is 20.7. The first kappa shape index (κ1) is 21.1. The van der Waals surface area contributed by atoms with Gasteiger partial charge in [0.15, 0.2) is 13.2 Å². The van der Waals surface area contributed by atoms with Gasteiger partial charge < -0.3 is 19.5 Å².